The standard InChI is InChI=1S/C14H22N2O4S/c1-14(10-4-5-10)13(18)16(7-6-12(17)15-14)9-11-3-2-8-21(11,19)20/h10-11H,2-9H2,1H3,(H,15,17). The summed E-state index contributed by atoms with van der Waals surface area (Å²) in [6, 6.07) is 0. The van der Waals surface area contributed by atoms with E-state index in [2.05, 4.69) is 5.32 Å². The molecule has 2 saturated heterocycles. The van der Waals surface area contributed by atoms with E-state index in [0.29, 0.717) is 19.4 Å². The van der Waals surface area contributed by atoms with Gasteiger partial charge < -0.3 is 10.2 Å². The van der Waals surface area contributed by atoms with Crippen LogP contribution in [-0.4, -0.2) is 54.8 Å². The summed E-state index contributed by atoms with van der Waals surface area (Å²) in [6.45, 7) is 2.34. The summed E-state index contributed by atoms with van der Waals surface area (Å²) in [6.07, 6.45) is 3.43. The molecular weight excluding hydrogens is 292 g/mol. The maximum atomic E-state index is 12.8. The lowest BCUT2D eigenvalue weighted by molar-refractivity contribution is -0.139. The molecule has 3 aliphatic rings. The smallest absolute Gasteiger partial charge is 0.248 e. The summed E-state index contributed by atoms with van der Waals surface area (Å²) in [4.78, 5) is 26.3. The van der Waals surface area contributed by atoms with Crippen molar-refractivity contribution in [1.29, 1.82) is 0 Å². The first-order valence-electron chi connectivity index (χ1n) is 7.65. The first kappa shape index (κ1) is 14.8. The van der Waals surface area contributed by atoms with Gasteiger partial charge in [0.15, 0.2) is 9.84 Å². The van der Waals surface area contributed by atoms with E-state index in [9.17, 15) is 18.0 Å². The molecule has 0 aromatic heterocycles. The molecule has 7 heteroatoms. The number of sulfone groups is 1. The lowest BCUT2D eigenvalue weighted by Gasteiger charge is -2.33. The Morgan fingerprint density at radius 3 is 2.57 bits per heavy atom. The Morgan fingerprint density at radius 1 is 1.29 bits per heavy atom. The third-order valence-corrected chi connectivity index (χ3v) is 7.28. The van der Waals surface area contributed by atoms with Crippen LogP contribution in [0.2, 0.25) is 0 Å². The molecule has 118 valence electrons. The topological polar surface area (TPSA) is 83.6 Å². The van der Waals surface area contributed by atoms with Gasteiger partial charge >= 0.3 is 0 Å². The molecule has 6 nitrogen and oxygen atoms in total. The molecule has 2 amide bonds. The number of hydrogen-bond donors (Lipinski definition) is 1. The van der Waals surface area contributed by atoms with E-state index in [1.807, 2.05) is 0 Å². The summed E-state index contributed by atoms with van der Waals surface area (Å²) in [7, 11) is -3.08. The van der Waals surface area contributed by atoms with Gasteiger partial charge in [0.2, 0.25) is 11.8 Å². The van der Waals surface area contributed by atoms with Crippen molar-refractivity contribution in [2.45, 2.75) is 49.8 Å². The minimum Gasteiger partial charge on any atom is -0.342 e. The molecule has 0 aromatic rings. The Kier molecular flexibility index (Phi) is 3.50. The predicted molar refractivity (Wildman–Crippen MR) is 77.3 cm³/mol. The van der Waals surface area contributed by atoms with Crippen LogP contribution in [0.3, 0.4) is 0 Å². The summed E-state index contributed by atoms with van der Waals surface area (Å²) < 4.78 is 24.0. The molecule has 0 bridgehead atoms. The second-order valence-corrected chi connectivity index (χ2v) is 9.06. The Bertz CT molecular complexity index is 570. The van der Waals surface area contributed by atoms with Gasteiger partial charge in [-0.15, -0.1) is 0 Å². The molecule has 1 aliphatic carbocycles. The molecule has 1 saturated carbocycles. The minimum atomic E-state index is -3.08. The third kappa shape index (κ3) is 2.67. The first-order chi connectivity index (χ1) is 9.83. The number of carbonyl (C=O) groups excluding carboxylic acids is 2. The van der Waals surface area contributed by atoms with Crippen molar-refractivity contribution in [3.05, 3.63) is 0 Å². The SMILES string of the molecule is CC1(C2CC2)NC(=O)CCN(CC2CCCS2(=O)=O)C1=O. The van der Waals surface area contributed by atoms with Crippen LogP contribution in [0, 0.1) is 5.92 Å². The number of hydrogen-bond acceptors (Lipinski definition) is 4. The van der Waals surface area contributed by atoms with Gasteiger partial charge in [-0.25, -0.2) is 8.42 Å². The monoisotopic (exact) mass is 314 g/mol. The van der Waals surface area contributed by atoms with E-state index in [1.165, 1.54) is 0 Å². The fourth-order valence-electron chi connectivity index (χ4n) is 3.49. The summed E-state index contributed by atoms with van der Waals surface area (Å²) in [5.74, 6) is 0.179. The number of nitrogens with zero attached hydrogens (tertiary/aromatic N) is 1. The number of carbonyl (C=O) groups is 2. The van der Waals surface area contributed by atoms with Gasteiger partial charge in [0.1, 0.15) is 5.54 Å². The van der Waals surface area contributed by atoms with Gasteiger partial charge in [-0.2, -0.15) is 0 Å². The molecule has 0 radical (unpaired) electrons. The van der Waals surface area contributed by atoms with Gasteiger partial charge in [-0.1, -0.05) is 0 Å². The lowest BCUT2D eigenvalue weighted by atomic mass is 9.94. The number of nitrogens with one attached hydrogen (secondary N) is 1. The van der Waals surface area contributed by atoms with Gasteiger partial charge in [-0.3, -0.25) is 9.59 Å². The lowest BCUT2D eigenvalue weighted by Crippen LogP contribution is -2.57. The highest BCUT2D eigenvalue weighted by Crippen LogP contribution is 2.41. The fourth-order valence-corrected chi connectivity index (χ4v) is 5.33. The van der Waals surface area contributed by atoms with E-state index >= 15 is 0 Å². The summed E-state index contributed by atoms with van der Waals surface area (Å²) in [5, 5.41) is 2.40. The van der Waals surface area contributed by atoms with Gasteiger partial charge in [0.25, 0.3) is 0 Å². The highest BCUT2D eigenvalue weighted by Gasteiger charge is 2.51. The molecular formula is C14H22N2O4S. The average molecular weight is 314 g/mol. The van der Waals surface area contributed by atoms with Crippen LogP contribution in [-0.2, 0) is 19.4 Å². The molecule has 2 unspecified atom stereocenters. The Morgan fingerprint density at radius 2 is 2.00 bits per heavy atom. The van der Waals surface area contributed by atoms with Crippen LogP contribution < -0.4 is 5.32 Å². The molecule has 2 atom stereocenters. The van der Waals surface area contributed by atoms with Crippen molar-refractivity contribution < 1.29 is 18.0 Å². The van der Waals surface area contributed by atoms with E-state index in [4.69, 9.17) is 0 Å². The van der Waals surface area contributed by atoms with E-state index in [0.717, 1.165) is 12.8 Å². The average Bonchev–Trinajstić information content (AvgIpc) is 3.20. The molecule has 0 spiro atoms. The second-order valence-electron chi connectivity index (χ2n) is 6.66. The van der Waals surface area contributed by atoms with Gasteiger partial charge in [-0.05, 0) is 38.5 Å². The normalized spacial score (nSPS) is 36.4. The van der Waals surface area contributed by atoms with Crippen molar-refractivity contribution in [2.24, 2.45) is 5.92 Å². The number of amides is 2. The van der Waals surface area contributed by atoms with E-state index in [-0.39, 0.29) is 36.5 Å². The maximum absolute atomic E-state index is 12.8. The van der Waals surface area contributed by atoms with Gasteiger partial charge in [0, 0.05) is 19.5 Å². The highest BCUT2D eigenvalue weighted by molar-refractivity contribution is 7.92. The summed E-state index contributed by atoms with van der Waals surface area (Å²) in [5.41, 5.74) is -0.851. The largest absolute Gasteiger partial charge is 0.342 e. The van der Waals surface area contributed by atoms with Crippen molar-refractivity contribution in [2.75, 3.05) is 18.8 Å². The van der Waals surface area contributed by atoms with E-state index in [1.54, 1.807) is 11.8 Å². The molecule has 21 heavy (non-hydrogen) atoms. The molecule has 2 aliphatic heterocycles. The van der Waals surface area contributed by atoms with Gasteiger partial charge in [0.05, 0.1) is 11.0 Å². The van der Waals surface area contributed by atoms with Crippen LogP contribution >= 0.6 is 0 Å². The zero-order chi connectivity index (χ0) is 15.3. The van der Waals surface area contributed by atoms with Crippen LogP contribution in [0.15, 0.2) is 0 Å². The molecule has 3 rings (SSSR count). The highest BCUT2D eigenvalue weighted by atomic mass is 32.2. The Balaban J connectivity index is 1.80. The molecule has 2 heterocycles. The predicted octanol–water partition coefficient (Wildman–Crippen LogP) is 0.0808. The first-order valence-corrected chi connectivity index (χ1v) is 9.36. The van der Waals surface area contributed by atoms with Crippen molar-refractivity contribution in [3.8, 4) is 0 Å². The minimum absolute atomic E-state index is 0.113. The van der Waals surface area contributed by atoms with Crippen LogP contribution in [0.5, 0.6) is 0 Å². The third-order valence-electron chi connectivity index (χ3n) is 5.02. The second kappa shape index (κ2) is 4.97. The fraction of sp³-hybridized carbons (Fsp3) is 0.857. The maximum Gasteiger partial charge on any atom is 0.248 e. The summed E-state index contributed by atoms with van der Waals surface area (Å²) >= 11 is 0. The zero-order valence-corrected chi connectivity index (χ0v) is 13.1. The molecule has 1 N–H and O–H groups in total. The quantitative estimate of drug-likeness (QED) is 0.800. The molecule has 0 aromatic carbocycles. The van der Waals surface area contributed by atoms with Crippen LogP contribution in [0.25, 0.3) is 0 Å². The zero-order valence-electron chi connectivity index (χ0n) is 12.3. The van der Waals surface area contributed by atoms with Crippen LogP contribution in [0.4, 0.5) is 0 Å². The van der Waals surface area contributed by atoms with Crippen molar-refractivity contribution >= 4 is 21.7 Å². The Hall–Kier alpha value is -1.11. The van der Waals surface area contributed by atoms with Crippen molar-refractivity contribution in [1.82, 2.24) is 10.2 Å². The molecule has 3 fully saturated rings. The van der Waals surface area contributed by atoms with Crippen LogP contribution in [0.1, 0.15) is 39.0 Å². The van der Waals surface area contributed by atoms with Crippen molar-refractivity contribution in [3.63, 3.8) is 0 Å². The van der Waals surface area contributed by atoms with E-state index < -0.39 is 20.6 Å². The number of rotatable bonds is 3. The Labute approximate surface area is 125 Å².